The fraction of sp³-hybridized carbons (Fsp3) is 0.269. The monoisotopic (exact) mass is 429 g/mol. The molecule has 2 aromatic heterocycles. The fourth-order valence-electron chi connectivity index (χ4n) is 4.07. The number of carbonyl (C=O) groups is 1. The van der Waals surface area contributed by atoms with Crippen molar-refractivity contribution in [3.8, 4) is 0 Å². The molecule has 0 radical (unpaired) electrons. The number of hydrogen-bond acceptors (Lipinski definition) is 4. The molecular formula is C26H27N3O3. The summed E-state index contributed by atoms with van der Waals surface area (Å²) in [6.07, 6.45) is 2.89. The first kappa shape index (κ1) is 21.6. The summed E-state index contributed by atoms with van der Waals surface area (Å²) in [4.78, 5) is 33.5. The van der Waals surface area contributed by atoms with Gasteiger partial charge in [-0.25, -0.2) is 4.98 Å². The number of hydrogen-bond donors (Lipinski definition) is 0. The quantitative estimate of drug-likeness (QED) is 0.386. The molecule has 32 heavy (non-hydrogen) atoms. The van der Waals surface area contributed by atoms with E-state index < -0.39 is 6.04 Å². The van der Waals surface area contributed by atoms with Crippen LogP contribution in [0.3, 0.4) is 0 Å². The molecule has 2 aromatic carbocycles. The molecule has 0 bridgehead atoms. The lowest BCUT2D eigenvalue weighted by molar-refractivity contribution is 0.0605. The summed E-state index contributed by atoms with van der Waals surface area (Å²) in [6.45, 7) is 4.96. The fourth-order valence-corrected chi connectivity index (χ4v) is 4.07. The number of rotatable bonds is 8. The van der Waals surface area contributed by atoms with Gasteiger partial charge < -0.3 is 9.32 Å². The van der Waals surface area contributed by atoms with Crippen molar-refractivity contribution in [1.82, 2.24) is 14.5 Å². The predicted octanol–water partition coefficient (Wildman–Crippen LogP) is 5.19. The van der Waals surface area contributed by atoms with Crippen molar-refractivity contribution in [2.24, 2.45) is 0 Å². The Kier molecular flexibility index (Phi) is 6.50. The zero-order valence-electron chi connectivity index (χ0n) is 18.4. The zero-order valence-corrected chi connectivity index (χ0v) is 18.4. The van der Waals surface area contributed by atoms with E-state index in [1.165, 1.54) is 6.26 Å². The number of fused-ring (bicyclic) bond motifs is 1. The Morgan fingerprint density at radius 2 is 1.78 bits per heavy atom. The standard InChI is InChI=1S/C26H27N3O3/c1-3-16-28-24(27-21-14-9-8-13-20(21)25(28)30)22(4-2)29(18-19-11-6-5-7-12-19)26(31)23-15-10-17-32-23/h5-15,17,22H,3-4,16,18H2,1-2H3. The molecule has 0 aliphatic carbocycles. The lowest BCUT2D eigenvalue weighted by atomic mass is 10.1. The third kappa shape index (κ3) is 4.21. The van der Waals surface area contributed by atoms with Gasteiger partial charge in [0.1, 0.15) is 5.82 Å². The maximum absolute atomic E-state index is 13.5. The van der Waals surface area contributed by atoms with Gasteiger partial charge in [0.15, 0.2) is 5.76 Å². The van der Waals surface area contributed by atoms with E-state index in [2.05, 4.69) is 0 Å². The number of furan rings is 1. The van der Waals surface area contributed by atoms with Gasteiger partial charge in [0.2, 0.25) is 0 Å². The molecule has 0 aliphatic heterocycles. The third-order valence-corrected chi connectivity index (χ3v) is 5.59. The van der Waals surface area contributed by atoms with Gasteiger partial charge in [-0.1, -0.05) is 56.3 Å². The van der Waals surface area contributed by atoms with Crippen molar-refractivity contribution in [3.05, 3.63) is 100 Å². The minimum atomic E-state index is -0.392. The number of benzene rings is 2. The average Bonchev–Trinajstić information content (AvgIpc) is 3.36. The van der Waals surface area contributed by atoms with Crippen molar-refractivity contribution in [2.75, 3.05) is 0 Å². The minimum absolute atomic E-state index is 0.0731. The van der Waals surface area contributed by atoms with Gasteiger partial charge in [-0.2, -0.15) is 0 Å². The molecule has 0 aliphatic rings. The minimum Gasteiger partial charge on any atom is -0.459 e. The summed E-state index contributed by atoms with van der Waals surface area (Å²) >= 11 is 0. The SMILES string of the molecule is CCCn1c(C(CC)N(Cc2ccccc2)C(=O)c2ccco2)nc2ccccc2c1=O. The second kappa shape index (κ2) is 9.64. The first-order valence-electron chi connectivity index (χ1n) is 11.0. The Morgan fingerprint density at radius 1 is 1.03 bits per heavy atom. The Bertz CT molecular complexity index is 1250. The topological polar surface area (TPSA) is 68.3 Å². The molecule has 4 aromatic rings. The van der Waals surface area contributed by atoms with E-state index in [9.17, 15) is 9.59 Å². The average molecular weight is 430 g/mol. The lowest BCUT2D eigenvalue weighted by Gasteiger charge is -2.32. The highest BCUT2D eigenvalue weighted by molar-refractivity contribution is 5.91. The summed E-state index contributed by atoms with van der Waals surface area (Å²) in [6, 6.07) is 20.2. The first-order chi connectivity index (χ1) is 15.6. The van der Waals surface area contributed by atoms with E-state index in [-0.39, 0.29) is 17.2 Å². The van der Waals surface area contributed by atoms with Crippen molar-refractivity contribution < 1.29 is 9.21 Å². The van der Waals surface area contributed by atoms with Crippen molar-refractivity contribution in [3.63, 3.8) is 0 Å². The van der Waals surface area contributed by atoms with Gasteiger partial charge in [0.25, 0.3) is 11.5 Å². The molecule has 0 saturated heterocycles. The third-order valence-electron chi connectivity index (χ3n) is 5.59. The van der Waals surface area contributed by atoms with Crippen LogP contribution in [0.5, 0.6) is 0 Å². The number of para-hydroxylation sites is 1. The lowest BCUT2D eigenvalue weighted by Crippen LogP contribution is -2.38. The number of amides is 1. The van der Waals surface area contributed by atoms with Crippen LogP contribution in [-0.4, -0.2) is 20.4 Å². The van der Waals surface area contributed by atoms with Gasteiger partial charge in [0, 0.05) is 13.1 Å². The smallest absolute Gasteiger partial charge is 0.290 e. The second-order valence-electron chi connectivity index (χ2n) is 7.76. The van der Waals surface area contributed by atoms with Crippen molar-refractivity contribution >= 4 is 16.8 Å². The molecule has 1 atom stereocenters. The Labute approximate surface area is 187 Å². The van der Waals surface area contributed by atoms with Crippen LogP contribution in [-0.2, 0) is 13.1 Å². The number of aromatic nitrogens is 2. The van der Waals surface area contributed by atoms with E-state index in [0.29, 0.717) is 36.2 Å². The molecule has 164 valence electrons. The van der Waals surface area contributed by atoms with E-state index in [1.807, 2.05) is 62.4 Å². The second-order valence-corrected chi connectivity index (χ2v) is 7.76. The van der Waals surface area contributed by atoms with E-state index in [1.54, 1.807) is 27.7 Å². The van der Waals surface area contributed by atoms with Crippen molar-refractivity contribution in [1.29, 1.82) is 0 Å². The van der Waals surface area contributed by atoms with Gasteiger partial charge in [-0.15, -0.1) is 0 Å². The molecule has 0 fully saturated rings. The molecule has 2 heterocycles. The van der Waals surface area contributed by atoms with Crippen LogP contribution in [0, 0.1) is 0 Å². The van der Waals surface area contributed by atoms with Crippen LogP contribution in [0.4, 0.5) is 0 Å². The number of nitrogens with zero attached hydrogens (tertiary/aromatic N) is 3. The van der Waals surface area contributed by atoms with E-state index in [4.69, 9.17) is 9.40 Å². The molecule has 0 N–H and O–H groups in total. The first-order valence-corrected chi connectivity index (χ1v) is 11.0. The van der Waals surface area contributed by atoms with Crippen LogP contribution in [0.15, 0.2) is 82.2 Å². The van der Waals surface area contributed by atoms with Crippen LogP contribution < -0.4 is 5.56 Å². The summed E-state index contributed by atoms with van der Waals surface area (Å²) in [5, 5.41) is 0.589. The zero-order chi connectivity index (χ0) is 22.5. The highest BCUT2D eigenvalue weighted by Crippen LogP contribution is 2.28. The maximum atomic E-state index is 13.5. The summed E-state index contributed by atoms with van der Waals surface area (Å²) in [5.41, 5.74) is 1.57. The van der Waals surface area contributed by atoms with Crippen molar-refractivity contribution in [2.45, 2.75) is 45.8 Å². The Morgan fingerprint density at radius 3 is 2.47 bits per heavy atom. The predicted molar refractivity (Wildman–Crippen MR) is 124 cm³/mol. The highest BCUT2D eigenvalue weighted by atomic mass is 16.3. The molecule has 4 rings (SSSR count). The van der Waals surface area contributed by atoms with Crippen LogP contribution >= 0.6 is 0 Å². The normalized spacial score (nSPS) is 12.1. The van der Waals surface area contributed by atoms with E-state index in [0.717, 1.165) is 12.0 Å². The molecule has 0 spiro atoms. The Hall–Kier alpha value is -3.67. The molecule has 1 unspecified atom stereocenters. The van der Waals surface area contributed by atoms with E-state index >= 15 is 0 Å². The molecule has 1 amide bonds. The van der Waals surface area contributed by atoms with Gasteiger partial charge in [0.05, 0.1) is 23.2 Å². The maximum Gasteiger partial charge on any atom is 0.290 e. The molecular weight excluding hydrogens is 402 g/mol. The summed E-state index contributed by atoms with van der Waals surface area (Å²) in [7, 11) is 0. The van der Waals surface area contributed by atoms with Crippen LogP contribution in [0.1, 0.15) is 54.7 Å². The highest BCUT2D eigenvalue weighted by Gasteiger charge is 2.30. The van der Waals surface area contributed by atoms with Crippen LogP contribution in [0.25, 0.3) is 10.9 Å². The number of carbonyl (C=O) groups excluding carboxylic acids is 1. The van der Waals surface area contributed by atoms with Gasteiger partial charge in [-0.3, -0.25) is 14.2 Å². The summed E-state index contributed by atoms with van der Waals surface area (Å²) < 4.78 is 7.16. The largest absolute Gasteiger partial charge is 0.459 e. The Balaban J connectivity index is 1.87. The van der Waals surface area contributed by atoms with Gasteiger partial charge in [-0.05, 0) is 42.7 Å². The summed E-state index contributed by atoms with van der Waals surface area (Å²) in [5.74, 6) is 0.648. The van der Waals surface area contributed by atoms with Gasteiger partial charge >= 0.3 is 0 Å². The van der Waals surface area contributed by atoms with Crippen LogP contribution in [0.2, 0.25) is 0 Å². The molecule has 6 heteroatoms. The molecule has 6 nitrogen and oxygen atoms in total. The molecule has 0 saturated carbocycles.